The van der Waals surface area contributed by atoms with Crippen LogP contribution in [0.3, 0.4) is 0 Å². The number of carboxylic acids is 1. The van der Waals surface area contributed by atoms with Crippen LogP contribution in [0.4, 0.5) is 0 Å². The van der Waals surface area contributed by atoms with E-state index in [1.807, 2.05) is 4.90 Å². The number of carbonyl (C=O) groups is 1. The summed E-state index contributed by atoms with van der Waals surface area (Å²) in [6.07, 6.45) is 26.3. The highest BCUT2D eigenvalue weighted by Gasteiger charge is 2.24. The van der Waals surface area contributed by atoms with Crippen LogP contribution >= 0.6 is 0 Å². The Balaban J connectivity index is 0. The fourth-order valence-electron chi connectivity index (χ4n) is 4.12. The van der Waals surface area contributed by atoms with Crippen LogP contribution in [0, 0.1) is 0 Å². The van der Waals surface area contributed by atoms with Gasteiger partial charge in [0.25, 0.3) is 5.97 Å². The first-order valence-electron chi connectivity index (χ1n) is 14.1. The summed E-state index contributed by atoms with van der Waals surface area (Å²) >= 11 is 0. The van der Waals surface area contributed by atoms with E-state index in [-0.39, 0.29) is 0 Å². The number of rotatable bonds is 23. The number of unbranched alkanes of at least 4 members (excludes halogenated alkanes) is 18. The van der Waals surface area contributed by atoms with Gasteiger partial charge in [-0.05, 0) is 12.8 Å². The third-order valence-corrected chi connectivity index (χ3v) is 6.16. The molecule has 0 saturated carbocycles. The number of aliphatic carboxylic acids is 1. The van der Waals surface area contributed by atoms with E-state index in [1.165, 1.54) is 122 Å². The first-order valence-corrected chi connectivity index (χ1v) is 14.1. The van der Waals surface area contributed by atoms with Gasteiger partial charge in [0, 0.05) is 26.9 Å². The van der Waals surface area contributed by atoms with Gasteiger partial charge in [-0.3, -0.25) is 9.69 Å². The first-order chi connectivity index (χ1) is 15.8. The highest BCUT2D eigenvalue weighted by molar-refractivity contribution is 5.62. The molecule has 0 aliphatic heterocycles. The summed E-state index contributed by atoms with van der Waals surface area (Å²) in [7, 11) is 0. The Bertz CT molecular complexity index is 368. The lowest BCUT2D eigenvalue weighted by Gasteiger charge is -2.32. The van der Waals surface area contributed by atoms with Crippen molar-refractivity contribution in [3.8, 4) is 0 Å². The Morgan fingerprint density at radius 1 is 0.576 bits per heavy atom. The summed E-state index contributed by atoms with van der Waals surface area (Å²) in [6.45, 7) is 8.74. The molecule has 0 unspecified atom stereocenters. The molecule has 0 atom stereocenters. The van der Waals surface area contributed by atoms with E-state index in [9.17, 15) is 10.2 Å². The molecule has 0 aromatic heterocycles. The third-order valence-electron chi connectivity index (χ3n) is 6.16. The standard InChI is InChI=1S/C26H55NO2.C2H4O2/c1-4-6-8-10-12-14-16-18-20-22-24-27(26(3,28)29)25-23-21-19-17-15-13-11-9-7-5-2;1-2(3)4/h28-29H,4-25H2,1-3H3;1H3,(H,3,4). The van der Waals surface area contributed by atoms with E-state index in [2.05, 4.69) is 13.8 Å². The fourth-order valence-corrected chi connectivity index (χ4v) is 4.12. The maximum Gasteiger partial charge on any atom is 0.300 e. The van der Waals surface area contributed by atoms with Gasteiger partial charge in [-0.15, -0.1) is 0 Å². The summed E-state index contributed by atoms with van der Waals surface area (Å²) in [6, 6.07) is 0. The minimum absolute atomic E-state index is 0.803. The van der Waals surface area contributed by atoms with Gasteiger partial charge in [-0.1, -0.05) is 129 Å². The second-order valence-electron chi connectivity index (χ2n) is 9.84. The van der Waals surface area contributed by atoms with Crippen molar-refractivity contribution < 1.29 is 20.1 Å². The number of hydrogen-bond donors (Lipinski definition) is 3. The van der Waals surface area contributed by atoms with Gasteiger partial charge < -0.3 is 15.3 Å². The van der Waals surface area contributed by atoms with Gasteiger partial charge in [0.2, 0.25) is 5.91 Å². The average molecular weight is 474 g/mol. The van der Waals surface area contributed by atoms with Gasteiger partial charge >= 0.3 is 0 Å². The lowest BCUT2D eigenvalue weighted by molar-refractivity contribution is -0.250. The second kappa shape index (κ2) is 26.0. The molecule has 0 amide bonds. The van der Waals surface area contributed by atoms with Crippen LogP contribution in [-0.2, 0) is 4.79 Å². The van der Waals surface area contributed by atoms with Gasteiger partial charge in [-0.2, -0.15) is 0 Å². The summed E-state index contributed by atoms with van der Waals surface area (Å²) in [5.41, 5.74) is 0. The van der Waals surface area contributed by atoms with E-state index in [0.717, 1.165) is 32.9 Å². The summed E-state index contributed by atoms with van der Waals surface area (Å²) in [5, 5.41) is 27.5. The van der Waals surface area contributed by atoms with Crippen LogP contribution in [-0.4, -0.2) is 45.2 Å². The maximum absolute atomic E-state index is 10.0. The molecule has 0 fully saturated rings. The Morgan fingerprint density at radius 2 is 0.788 bits per heavy atom. The lowest BCUT2D eigenvalue weighted by Crippen LogP contribution is -2.47. The molecule has 0 aliphatic rings. The maximum atomic E-state index is 10.0. The van der Waals surface area contributed by atoms with Crippen molar-refractivity contribution >= 4 is 5.97 Å². The molecule has 0 radical (unpaired) electrons. The van der Waals surface area contributed by atoms with Crippen LogP contribution in [0.25, 0.3) is 0 Å². The minimum Gasteiger partial charge on any atom is -0.481 e. The quantitative estimate of drug-likeness (QED) is 0.104. The number of carboxylic acid groups (broad SMARTS) is 1. The molecule has 0 bridgehead atoms. The SMILES string of the molecule is CC(=O)O.CCCCCCCCCCCCN(CCCCCCCCCCCC)C(C)(O)O. The van der Waals surface area contributed by atoms with Crippen molar-refractivity contribution in [2.24, 2.45) is 0 Å². The fraction of sp³-hybridized carbons (Fsp3) is 0.964. The number of hydrogen-bond acceptors (Lipinski definition) is 4. The lowest BCUT2D eigenvalue weighted by atomic mass is 10.1. The Labute approximate surface area is 206 Å². The molecule has 5 nitrogen and oxygen atoms in total. The van der Waals surface area contributed by atoms with Crippen molar-refractivity contribution in [1.29, 1.82) is 0 Å². The zero-order valence-corrected chi connectivity index (χ0v) is 22.8. The average Bonchev–Trinajstić information content (AvgIpc) is 2.73. The van der Waals surface area contributed by atoms with Gasteiger partial charge in [0.05, 0.1) is 0 Å². The minimum atomic E-state index is -1.67. The largest absolute Gasteiger partial charge is 0.481 e. The van der Waals surface area contributed by atoms with Crippen molar-refractivity contribution in [1.82, 2.24) is 4.90 Å². The molecule has 0 spiro atoms. The summed E-state index contributed by atoms with van der Waals surface area (Å²) in [4.78, 5) is 10.9. The van der Waals surface area contributed by atoms with E-state index in [4.69, 9.17) is 9.90 Å². The normalized spacial score (nSPS) is 11.5. The van der Waals surface area contributed by atoms with Gasteiger partial charge in [0.1, 0.15) is 0 Å². The van der Waals surface area contributed by atoms with Crippen LogP contribution in [0.1, 0.15) is 156 Å². The molecular formula is C28H59NO4. The molecular weight excluding hydrogens is 414 g/mol. The molecule has 0 heterocycles. The number of aliphatic hydroxyl groups is 2. The van der Waals surface area contributed by atoms with E-state index < -0.39 is 11.9 Å². The van der Waals surface area contributed by atoms with E-state index in [1.54, 1.807) is 0 Å². The second-order valence-corrected chi connectivity index (χ2v) is 9.84. The van der Waals surface area contributed by atoms with Crippen LogP contribution in [0.5, 0.6) is 0 Å². The highest BCUT2D eigenvalue weighted by Crippen LogP contribution is 2.15. The Hall–Kier alpha value is -0.650. The van der Waals surface area contributed by atoms with Crippen molar-refractivity contribution in [2.45, 2.75) is 162 Å². The van der Waals surface area contributed by atoms with Crippen molar-refractivity contribution in [3.05, 3.63) is 0 Å². The topological polar surface area (TPSA) is 81.0 Å². The monoisotopic (exact) mass is 473 g/mol. The molecule has 33 heavy (non-hydrogen) atoms. The van der Waals surface area contributed by atoms with E-state index >= 15 is 0 Å². The predicted molar refractivity (Wildman–Crippen MR) is 141 cm³/mol. The Morgan fingerprint density at radius 3 is 1.00 bits per heavy atom. The van der Waals surface area contributed by atoms with Crippen LogP contribution < -0.4 is 0 Å². The van der Waals surface area contributed by atoms with Crippen molar-refractivity contribution in [2.75, 3.05) is 13.1 Å². The summed E-state index contributed by atoms with van der Waals surface area (Å²) in [5.74, 6) is -2.50. The van der Waals surface area contributed by atoms with Crippen LogP contribution in [0.15, 0.2) is 0 Å². The highest BCUT2D eigenvalue weighted by atomic mass is 16.5. The number of nitrogens with zero attached hydrogens (tertiary/aromatic N) is 1. The van der Waals surface area contributed by atoms with Crippen molar-refractivity contribution in [3.63, 3.8) is 0 Å². The predicted octanol–water partition coefficient (Wildman–Crippen LogP) is 7.88. The Kier molecular flexibility index (Phi) is 27.2. The zero-order chi connectivity index (χ0) is 25.2. The molecule has 0 rings (SSSR count). The molecule has 3 N–H and O–H groups in total. The van der Waals surface area contributed by atoms with Gasteiger partial charge in [0.15, 0.2) is 0 Å². The molecule has 5 heteroatoms. The molecule has 200 valence electrons. The molecule has 0 saturated heterocycles. The molecule has 0 aliphatic carbocycles. The van der Waals surface area contributed by atoms with Gasteiger partial charge in [-0.25, -0.2) is 0 Å². The third kappa shape index (κ3) is 31.4. The molecule has 0 aromatic rings. The molecule has 0 aromatic carbocycles. The van der Waals surface area contributed by atoms with Crippen LogP contribution in [0.2, 0.25) is 0 Å². The smallest absolute Gasteiger partial charge is 0.300 e. The summed E-state index contributed by atoms with van der Waals surface area (Å²) < 4.78 is 0. The zero-order valence-electron chi connectivity index (χ0n) is 22.8. The first kappa shape index (κ1) is 34.5. The van der Waals surface area contributed by atoms with E-state index in [0.29, 0.717) is 0 Å².